The average molecular weight is 353 g/mol. The molecule has 1 fully saturated rings. The Hall–Kier alpha value is -2.17. The number of hydrogen-bond acceptors (Lipinski definition) is 3. The van der Waals surface area contributed by atoms with Crippen LogP contribution in [-0.2, 0) is 6.54 Å². The van der Waals surface area contributed by atoms with E-state index < -0.39 is 0 Å². The maximum atomic E-state index is 6.28. The molecule has 4 rings (SSSR count). The molecule has 0 bridgehead atoms. The van der Waals surface area contributed by atoms with Crippen LogP contribution in [0.15, 0.2) is 54.9 Å². The number of pyridine rings is 1. The minimum absolute atomic E-state index is 0.663. The summed E-state index contributed by atoms with van der Waals surface area (Å²) in [5, 5.41) is 5.43. The van der Waals surface area contributed by atoms with Crippen LogP contribution in [0.25, 0.3) is 22.5 Å². The van der Waals surface area contributed by atoms with Crippen LogP contribution in [0.4, 0.5) is 0 Å². The second kappa shape index (κ2) is 6.98. The summed E-state index contributed by atoms with van der Waals surface area (Å²) in [6, 6.07) is 14.0. The van der Waals surface area contributed by atoms with Gasteiger partial charge in [0.15, 0.2) is 0 Å². The molecule has 1 aliphatic rings. The highest BCUT2D eigenvalue weighted by molar-refractivity contribution is 6.33. The van der Waals surface area contributed by atoms with Crippen LogP contribution in [0.3, 0.4) is 0 Å². The van der Waals surface area contributed by atoms with Gasteiger partial charge < -0.3 is 4.90 Å². The molecule has 1 saturated heterocycles. The predicted octanol–water partition coefficient (Wildman–Crippen LogP) is 4.22. The Morgan fingerprint density at radius 1 is 1.16 bits per heavy atom. The Labute approximate surface area is 153 Å². The minimum atomic E-state index is 0.663. The maximum Gasteiger partial charge on any atom is 0.0923 e. The van der Waals surface area contributed by atoms with E-state index in [2.05, 4.69) is 46.0 Å². The molecule has 0 spiro atoms. The number of halogens is 1. The summed E-state index contributed by atoms with van der Waals surface area (Å²) in [6.45, 7) is 3.32. The summed E-state index contributed by atoms with van der Waals surface area (Å²) < 4.78 is 2.07. The first-order chi connectivity index (χ1) is 12.2. The molecule has 25 heavy (non-hydrogen) atoms. The smallest absolute Gasteiger partial charge is 0.0923 e. The Balaban J connectivity index is 1.56. The molecule has 3 aromatic rings. The average Bonchev–Trinajstić information content (AvgIpc) is 3.25. The molecule has 1 aliphatic heterocycles. The molecule has 1 unspecified atom stereocenters. The monoisotopic (exact) mass is 352 g/mol. The zero-order chi connectivity index (χ0) is 17.2. The number of nitrogens with zero attached hydrogens (tertiary/aromatic N) is 4. The van der Waals surface area contributed by atoms with E-state index in [9.17, 15) is 0 Å². The normalized spacial score (nSPS) is 17.9. The van der Waals surface area contributed by atoms with Crippen LogP contribution in [0.5, 0.6) is 0 Å². The van der Waals surface area contributed by atoms with Crippen LogP contribution in [0.2, 0.25) is 5.02 Å². The molecule has 0 amide bonds. The molecule has 0 N–H and O–H groups in total. The van der Waals surface area contributed by atoms with Crippen LogP contribution in [0.1, 0.15) is 6.42 Å². The highest BCUT2D eigenvalue weighted by atomic mass is 35.5. The summed E-state index contributed by atoms with van der Waals surface area (Å²) in [5.74, 6) is 0.691. The third kappa shape index (κ3) is 3.60. The van der Waals surface area contributed by atoms with Crippen molar-refractivity contribution >= 4 is 11.6 Å². The summed E-state index contributed by atoms with van der Waals surface area (Å²) in [4.78, 5) is 6.79. The number of aromatic nitrogens is 3. The largest absolute Gasteiger partial charge is 0.306 e. The van der Waals surface area contributed by atoms with E-state index in [1.165, 1.54) is 13.0 Å². The Morgan fingerprint density at radius 3 is 2.84 bits per heavy atom. The van der Waals surface area contributed by atoms with Gasteiger partial charge in [-0.15, -0.1) is 0 Å². The molecule has 3 heterocycles. The summed E-state index contributed by atoms with van der Waals surface area (Å²) in [6.07, 6.45) is 5.09. The van der Waals surface area contributed by atoms with E-state index in [0.29, 0.717) is 10.9 Å². The first kappa shape index (κ1) is 16.3. The molecule has 5 heteroatoms. The number of benzene rings is 1. The van der Waals surface area contributed by atoms with Crippen molar-refractivity contribution in [2.75, 3.05) is 20.1 Å². The summed E-state index contributed by atoms with van der Waals surface area (Å²) in [7, 11) is 2.18. The van der Waals surface area contributed by atoms with Crippen molar-refractivity contribution in [1.82, 2.24) is 19.7 Å². The van der Waals surface area contributed by atoms with Crippen molar-refractivity contribution in [3.8, 4) is 22.5 Å². The van der Waals surface area contributed by atoms with Crippen LogP contribution >= 0.6 is 11.6 Å². The maximum absolute atomic E-state index is 6.28. The highest BCUT2D eigenvalue weighted by Crippen LogP contribution is 2.28. The van der Waals surface area contributed by atoms with Crippen molar-refractivity contribution in [3.63, 3.8) is 0 Å². The summed E-state index contributed by atoms with van der Waals surface area (Å²) in [5.41, 5.74) is 3.89. The second-order valence-electron chi connectivity index (χ2n) is 6.75. The highest BCUT2D eigenvalue weighted by Gasteiger charge is 2.20. The van der Waals surface area contributed by atoms with Gasteiger partial charge in [-0.05, 0) is 50.2 Å². The van der Waals surface area contributed by atoms with Gasteiger partial charge in [-0.25, -0.2) is 0 Å². The van der Waals surface area contributed by atoms with Crippen molar-refractivity contribution in [2.45, 2.75) is 13.0 Å². The van der Waals surface area contributed by atoms with Gasteiger partial charge in [0.05, 0.1) is 16.4 Å². The third-order valence-electron chi connectivity index (χ3n) is 4.77. The van der Waals surface area contributed by atoms with Gasteiger partial charge >= 0.3 is 0 Å². The van der Waals surface area contributed by atoms with Gasteiger partial charge in [0, 0.05) is 36.6 Å². The Morgan fingerprint density at radius 2 is 2.04 bits per heavy atom. The fourth-order valence-electron chi connectivity index (χ4n) is 3.48. The van der Waals surface area contributed by atoms with Crippen LogP contribution in [0, 0.1) is 5.92 Å². The lowest BCUT2D eigenvalue weighted by Gasteiger charge is -2.10. The SMILES string of the molecule is CN1CCC(Cn2ccc(-c3cccc(-c4ncccc4Cl)c3)n2)C1. The molecule has 0 radical (unpaired) electrons. The molecule has 0 saturated carbocycles. The van der Waals surface area contributed by atoms with Gasteiger partial charge in [0.1, 0.15) is 0 Å². The lowest BCUT2D eigenvalue weighted by molar-refractivity contribution is 0.370. The van der Waals surface area contributed by atoms with Crippen LogP contribution in [-0.4, -0.2) is 39.8 Å². The zero-order valence-electron chi connectivity index (χ0n) is 14.3. The van der Waals surface area contributed by atoms with Crippen molar-refractivity contribution < 1.29 is 0 Å². The predicted molar refractivity (Wildman–Crippen MR) is 102 cm³/mol. The van der Waals surface area contributed by atoms with Crippen molar-refractivity contribution in [2.24, 2.45) is 5.92 Å². The van der Waals surface area contributed by atoms with Gasteiger partial charge in [0.25, 0.3) is 0 Å². The number of hydrogen-bond donors (Lipinski definition) is 0. The fraction of sp³-hybridized carbons (Fsp3) is 0.300. The van der Waals surface area contributed by atoms with E-state index in [1.54, 1.807) is 6.20 Å². The topological polar surface area (TPSA) is 34.0 Å². The second-order valence-corrected chi connectivity index (χ2v) is 7.16. The first-order valence-electron chi connectivity index (χ1n) is 8.62. The molecule has 1 atom stereocenters. The molecular formula is C20H21ClN4. The molecule has 2 aromatic heterocycles. The Kier molecular flexibility index (Phi) is 4.55. The van der Waals surface area contributed by atoms with Gasteiger partial charge in [-0.3, -0.25) is 9.67 Å². The minimum Gasteiger partial charge on any atom is -0.306 e. The van der Waals surface area contributed by atoms with Crippen LogP contribution < -0.4 is 0 Å². The van der Waals surface area contributed by atoms with Gasteiger partial charge in [-0.1, -0.05) is 29.8 Å². The van der Waals surface area contributed by atoms with Gasteiger partial charge in [0.2, 0.25) is 0 Å². The van der Waals surface area contributed by atoms with E-state index in [0.717, 1.165) is 35.6 Å². The fourth-order valence-corrected chi connectivity index (χ4v) is 3.71. The quantitative estimate of drug-likeness (QED) is 0.705. The van der Waals surface area contributed by atoms with E-state index >= 15 is 0 Å². The van der Waals surface area contributed by atoms with Crippen molar-refractivity contribution in [3.05, 3.63) is 59.9 Å². The zero-order valence-corrected chi connectivity index (χ0v) is 15.0. The first-order valence-corrected chi connectivity index (χ1v) is 9.00. The lowest BCUT2D eigenvalue weighted by Crippen LogP contribution is -2.17. The molecule has 4 nitrogen and oxygen atoms in total. The number of rotatable bonds is 4. The Bertz CT molecular complexity index is 873. The molecule has 128 valence electrons. The lowest BCUT2D eigenvalue weighted by atomic mass is 10.1. The number of likely N-dealkylation sites (tertiary alicyclic amines) is 1. The molecule has 0 aliphatic carbocycles. The summed E-state index contributed by atoms with van der Waals surface area (Å²) >= 11 is 6.28. The third-order valence-corrected chi connectivity index (χ3v) is 5.07. The molecule has 1 aromatic carbocycles. The standard InChI is InChI=1S/C20H21ClN4/c1-24-10-7-15(13-24)14-25-11-8-19(23-25)16-4-2-5-17(12-16)20-18(21)6-3-9-22-20/h2-6,8-9,11-12,15H,7,10,13-14H2,1H3. The molecular weight excluding hydrogens is 332 g/mol. The van der Waals surface area contributed by atoms with Gasteiger partial charge in [-0.2, -0.15) is 5.10 Å². The van der Waals surface area contributed by atoms with E-state index in [4.69, 9.17) is 16.7 Å². The van der Waals surface area contributed by atoms with Crippen molar-refractivity contribution in [1.29, 1.82) is 0 Å². The van der Waals surface area contributed by atoms with E-state index in [-0.39, 0.29) is 0 Å². The van der Waals surface area contributed by atoms with E-state index in [1.807, 2.05) is 24.3 Å².